The number of aliphatic hydroxyl groups is 2. The van der Waals surface area contributed by atoms with Crippen LogP contribution in [0.3, 0.4) is 0 Å². The van der Waals surface area contributed by atoms with Crippen molar-refractivity contribution in [1.29, 1.82) is 0 Å². The van der Waals surface area contributed by atoms with Gasteiger partial charge in [0.05, 0.1) is 19.8 Å². The molecule has 1 aromatic heterocycles. The lowest BCUT2D eigenvalue weighted by Crippen LogP contribution is -2.34. The molecule has 1 unspecified atom stereocenters. The third-order valence-electron chi connectivity index (χ3n) is 3.45. The molecular formula is C16H20FN3O5. The molecule has 136 valence electrons. The van der Waals surface area contributed by atoms with E-state index in [4.69, 9.17) is 14.4 Å². The molecule has 0 fully saturated rings. The quantitative estimate of drug-likeness (QED) is 0.670. The third kappa shape index (κ3) is 4.06. The number of nitrogens with zero attached hydrogens (tertiary/aromatic N) is 2. The molecule has 0 saturated heterocycles. The number of rotatable bonds is 7. The summed E-state index contributed by atoms with van der Waals surface area (Å²) in [5.74, 6) is -0.680. The second kappa shape index (κ2) is 7.95. The highest BCUT2D eigenvalue weighted by molar-refractivity contribution is 6.04. The molecular weight excluding hydrogens is 333 g/mol. The standard InChI is InChI=1S/C16H20FN3O5/c1-20(2)15-13(16(23)18-7-10(22)8-21)14(25-19-15)9-4-5-11(17)12(6-9)24-3/h4-6,10,21-22H,7-8H2,1-3H3,(H,18,23). The number of anilines is 1. The number of aliphatic hydroxyl groups excluding tert-OH is 2. The molecule has 0 aliphatic rings. The first-order valence-corrected chi connectivity index (χ1v) is 7.47. The van der Waals surface area contributed by atoms with Crippen LogP contribution in [0.4, 0.5) is 10.2 Å². The number of methoxy groups -OCH3 is 1. The van der Waals surface area contributed by atoms with Crippen LogP contribution in [0.5, 0.6) is 5.75 Å². The fraction of sp³-hybridized carbons (Fsp3) is 0.375. The van der Waals surface area contributed by atoms with E-state index in [0.29, 0.717) is 5.56 Å². The maximum Gasteiger partial charge on any atom is 0.259 e. The molecule has 1 amide bonds. The highest BCUT2D eigenvalue weighted by atomic mass is 19.1. The Bertz CT molecular complexity index is 747. The van der Waals surface area contributed by atoms with Gasteiger partial charge in [-0.25, -0.2) is 4.39 Å². The molecule has 1 atom stereocenters. The van der Waals surface area contributed by atoms with E-state index in [1.807, 2.05) is 0 Å². The zero-order chi connectivity index (χ0) is 18.6. The normalized spacial score (nSPS) is 11.9. The van der Waals surface area contributed by atoms with Crippen molar-refractivity contribution in [3.05, 3.63) is 29.6 Å². The molecule has 2 rings (SSSR count). The van der Waals surface area contributed by atoms with E-state index >= 15 is 0 Å². The van der Waals surface area contributed by atoms with Gasteiger partial charge in [0.25, 0.3) is 5.91 Å². The molecule has 25 heavy (non-hydrogen) atoms. The van der Waals surface area contributed by atoms with Gasteiger partial charge >= 0.3 is 0 Å². The maximum absolute atomic E-state index is 13.6. The number of nitrogens with one attached hydrogen (secondary N) is 1. The van der Waals surface area contributed by atoms with Crippen molar-refractivity contribution in [2.45, 2.75) is 6.10 Å². The summed E-state index contributed by atoms with van der Waals surface area (Å²) in [6.45, 7) is -0.619. The molecule has 0 saturated carbocycles. The van der Waals surface area contributed by atoms with E-state index in [0.717, 1.165) is 0 Å². The number of aromatic nitrogens is 1. The van der Waals surface area contributed by atoms with Crippen LogP contribution in [-0.2, 0) is 0 Å². The lowest BCUT2D eigenvalue weighted by Gasteiger charge is -2.13. The first kappa shape index (κ1) is 18.7. The van der Waals surface area contributed by atoms with E-state index in [2.05, 4.69) is 10.5 Å². The summed E-state index contributed by atoms with van der Waals surface area (Å²) < 4.78 is 23.9. The molecule has 8 nitrogen and oxygen atoms in total. The summed E-state index contributed by atoms with van der Waals surface area (Å²) in [6.07, 6.45) is -1.08. The predicted molar refractivity (Wildman–Crippen MR) is 88.2 cm³/mol. The largest absolute Gasteiger partial charge is 0.494 e. The fourth-order valence-electron chi connectivity index (χ4n) is 2.15. The van der Waals surface area contributed by atoms with Crippen molar-refractivity contribution in [3.63, 3.8) is 0 Å². The summed E-state index contributed by atoms with van der Waals surface area (Å²) in [7, 11) is 4.70. The summed E-state index contributed by atoms with van der Waals surface area (Å²) in [5, 5.41) is 24.6. The van der Waals surface area contributed by atoms with Gasteiger partial charge in [0, 0.05) is 26.2 Å². The zero-order valence-electron chi connectivity index (χ0n) is 14.1. The van der Waals surface area contributed by atoms with Crippen LogP contribution in [0.2, 0.25) is 0 Å². The van der Waals surface area contributed by atoms with Gasteiger partial charge in [-0.2, -0.15) is 0 Å². The van der Waals surface area contributed by atoms with Crippen molar-refractivity contribution in [2.24, 2.45) is 0 Å². The second-order valence-corrected chi connectivity index (χ2v) is 5.50. The molecule has 0 bridgehead atoms. The Labute approximate surface area is 143 Å². The van der Waals surface area contributed by atoms with Crippen molar-refractivity contribution in [2.75, 3.05) is 39.3 Å². The predicted octanol–water partition coefficient (Wildman–Crippen LogP) is 0.638. The van der Waals surface area contributed by atoms with E-state index in [1.165, 1.54) is 25.3 Å². The van der Waals surface area contributed by atoms with Crippen molar-refractivity contribution >= 4 is 11.7 Å². The summed E-state index contributed by atoms with van der Waals surface area (Å²) >= 11 is 0. The van der Waals surface area contributed by atoms with Gasteiger partial charge in [-0.1, -0.05) is 5.16 Å². The Morgan fingerprint density at radius 2 is 2.20 bits per heavy atom. The van der Waals surface area contributed by atoms with Crippen molar-refractivity contribution < 1.29 is 28.7 Å². The van der Waals surface area contributed by atoms with E-state index in [1.54, 1.807) is 19.0 Å². The lowest BCUT2D eigenvalue weighted by molar-refractivity contribution is 0.0802. The SMILES string of the molecule is COc1cc(-c2onc(N(C)C)c2C(=O)NCC(O)CO)ccc1F. The minimum absolute atomic E-state index is 0.00219. The fourth-order valence-corrected chi connectivity index (χ4v) is 2.15. The van der Waals surface area contributed by atoms with Gasteiger partial charge in [0.1, 0.15) is 5.56 Å². The molecule has 1 heterocycles. The number of carbonyl (C=O) groups excluding carboxylic acids is 1. The number of hydrogen-bond acceptors (Lipinski definition) is 7. The molecule has 2 aromatic rings. The van der Waals surface area contributed by atoms with Gasteiger partial charge in [0.15, 0.2) is 23.1 Å². The van der Waals surface area contributed by atoms with Crippen molar-refractivity contribution in [3.8, 4) is 17.1 Å². The van der Waals surface area contributed by atoms with Gasteiger partial charge in [0.2, 0.25) is 0 Å². The number of halogens is 1. The van der Waals surface area contributed by atoms with Gasteiger partial charge in [-0.05, 0) is 18.2 Å². The van der Waals surface area contributed by atoms with E-state index in [9.17, 15) is 14.3 Å². The Balaban J connectivity index is 2.44. The molecule has 0 aliphatic carbocycles. The van der Waals surface area contributed by atoms with Gasteiger partial charge in [-0.15, -0.1) is 0 Å². The number of carbonyl (C=O) groups is 1. The molecule has 0 aliphatic heterocycles. The Kier molecular flexibility index (Phi) is 5.94. The highest BCUT2D eigenvalue weighted by Crippen LogP contribution is 2.33. The Morgan fingerprint density at radius 1 is 1.48 bits per heavy atom. The number of hydrogen-bond donors (Lipinski definition) is 3. The van der Waals surface area contributed by atoms with Crippen LogP contribution in [0, 0.1) is 5.82 Å². The summed E-state index contributed by atoms with van der Waals surface area (Å²) in [4.78, 5) is 14.1. The maximum atomic E-state index is 13.6. The smallest absolute Gasteiger partial charge is 0.259 e. The van der Waals surface area contributed by atoms with Crippen LogP contribution in [0.1, 0.15) is 10.4 Å². The van der Waals surface area contributed by atoms with Crippen LogP contribution < -0.4 is 15.0 Å². The number of amides is 1. The van der Waals surface area contributed by atoms with Crippen LogP contribution in [0.15, 0.2) is 22.7 Å². The molecule has 0 radical (unpaired) electrons. The number of benzene rings is 1. The monoisotopic (exact) mass is 353 g/mol. The van der Waals surface area contributed by atoms with Crippen molar-refractivity contribution in [1.82, 2.24) is 10.5 Å². The second-order valence-electron chi connectivity index (χ2n) is 5.50. The van der Waals surface area contributed by atoms with E-state index < -0.39 is 24.4 Å². The van der Waals surface area contributed by atoms with E-state index in [-0.39, 0.29) is 29.4 Å². The number of ether oxygens (including phenoxy) is 1. The minimum atomic E-state index is -1.08. The van der Waals surface area contributed by atoms with Gasteiger partial charge < -0.3 is 29.7 Å². The molecule has 0 spiro atoms. The summed E-state index contributed by atoms with van der Waals surface area (Å²) in [5.41, 5.74) is 0.538. The first-order chi connectivity index (χ1) is 11.9. The zero-order valence-corrected chi connectivity index (χ0v) is 14.1. The third-order valence-corrected chi connectivity index (χ3v) is 3.45. The molecule has 9 heteroatoms. The average molecular weight is 353 g/mol. The topological polar surface area (TPSA) is 108 Å². The van der Waals surface area contributed by atoms with Crippen LogP contribution in [0.25, 0.3) is 11.3 Å². The summed E-state index contributed by atoms with van der Waals surface area (Å²) in [6, 6.07) is 4.04. The highest BCUT2D eigenvalue weighted by Gasteiger charge is 2.26. The lowest BCUT2D eigenvalue weighted by atomic mass is 10.1. The minimum Gasteiger partial charge on any atom is -0.494 e. The van der Waals surface area contributed by atoms with Crippen LogP contribution in [-0.4, -0.2) is 61.7 Å². The molecule has 1 aromatic carbocycles. The average Bonchev–Trinajstić information content (AvgIpc) is 3.05. The Morgan fingerprint density at radius 3 is 2.80 bits per heavy atom. The first-order valence-electron chi connectivity index (χ1n) is 7.47. The van der Waals surface area contributed by atoms with Crippen LogP contribution >= 0.6 is 0 Å². The Hall–Kier alpha value is -2.65. The van der Waals surface area contributed by atoms with Gasteiger partial charge in [-0.3, -0.25) is 4.79 Å². The molecule has 3 N–H and O–H groups in total.